The third kappa shape index (κ3) is 2.71. The van der Waals surface area contributed by atoms with Gasteiger partial charge in [-0.25, -0.2) is 4.79 Å². The molecule has 0 aliphatic carbocycles. The van der Waals surface area contributed by atoms with Crippen molar-refractivity contribution in [2.24, 2.45) is 5.41 Å². The fourth-order valence-corrected chi connectivity index (χ4v) is 2.38. The number of rotatable bonds is 2. The average Bonchev–Trinajstić information content (AvgIpc) is 2.99. The molecule has 3 rings (SSSR count). The molecule has 0 spiro atoms. The highest BCUT2D eigenvalue weighted by molar-refractivity contribution is 6.11. The Bertz CT molecular complexity index is 951. The minimum absolute atomic E-state index is 0.289. The first kappa shape index (κ1) is 16.0. The second-order valence-electron chi connectivity index (χ2n) is 6.57. The molecule has 1 N–H and O–H groups in total. The Morgan fingerprint density at radius 3 is 2.58 bits per heavy atom. The van der Waals surface area contributed by atoms with Crippen molar-refractivity contribution in [3.63, 3.8) is 0 Å². The van der Waals surface area contributed by atoms with Crippen LogP contribution in [0.1, 0.15) is 31.3 Å². The Labute approximate surface area is 138 Å². The lowest BCUT2D eigenvalue weighted by Crippen LogP contribution is -2.25. The van der Waals surface area contributed by atoms with Crippen LogP contribution in [0.2, 0.25) is 0 Å². The van der Waals surface area contributed by atoms with Gasteiger partial charge in [-0.05, 0) is 44.4 Å². The van der Waals surface area contributed by atoms with Crippen LogP contribution in [-0.4, -0.2) is 29.0 Å². The summed E-state index contributed by atoms with van der Waals surface area (Å²) in [6.07, 6.45) is 3.37. The maximum absolute atomic E-state index is 12.3. The summed E-state index contributed by atoms with van der Waals surface area (Å²) in [6.45, 7) is 5.35. The van der Waals surface area contributed by atoms with Gasteiger partial charge in [0.1, 0.15) is 5.69 Å². The van der Waals surface area contributed by atoms with E-state index in [1.807, 2.05) is 6.07 Å². The maximum atomic E-state index is 12.3. The Hall–Kier alpha value is -2.89. The molecule has 1 aromatic carbocycles. The number of nitrogens with one attached hydrogen (secondary N) is 1. The molecule has 0 unspecified atom stereocenters. The molecule has 0 aliphatic heterocycles. The molecule has 6 heteroatoms. The van der Waals surface area contributed by atoms with Crippen molar-refractivity contribution in [3.8, 4) is 5.75 Å². The third-order valence-electron chi connectivity index (χ3n) is 3.72. The number of hydrogen-bond donors (Lipinski definition) is 1. The lowest BCUT2D eigenvalue weighted by Gasteiger charge is -2.17. The monoisotopic (exact) mass is 326 g/mol. The lowest BCUT2D eigenvalue weighted by atomic mass is 9.97. The number of carbonyl (C=O) groups is 2. The summed E-state index contributed by atoms with van der Waals surface area (Å²) >= 11 is 0. The van der Waals surface area contributed by atoms with Crippen molar-refractivity contribution in [1.82, 2.24) is 9.97 Å². The van der Waals surface area contributed by atoms with Gasteiger partial charge in [0.2, 0.25) is 0 Å². The summed E-state index contributed by atoms with van der Waals surface area (Å²) < 4.78 is 10.3. The number of H-pyrrole nitrogens is 1. The SMILES string of the molecule is COC(=O)c1cc2c([nH]1)c(OC(=O)C(C)(C)C)cc1ccncc12. The minimum Gasteiger partial charge on any atom is -0.464 e. The second-order valence-corrected chi connectivity index (χ2v) is 6.57. The third-order valence-corrected chi connectivity index (χ3v) is 3.72. The molecule has 0 bridgehead atoms. The lowest BCUT2D eigenvalue weighted by molar-refractivity contribution is -0.142. The first-order valence-electron chi connectivity index (χ1n) is 7.51. The summed E-state index contributed by atoms with van der Waals surface area (Å²) in [5.41, 5.74) is 0.211. The molecular weight excluding hydrogens is 308 g/mol. The largest absolute Gasteiger partial charge is 0.464 e. The van der Waals surface area contributed by atoms with Gasteiger partial charge in [0.25, 0.3) is 0 Å². The van der Waals surface area contributed by atoms with Crippen molar-refractivity contribution in [3.05, 3.63) is 36.3 Å². The van der Waals surface area contributed by atoms with E-state index >= 15 is 0 Å². The number of methoxy groups -OCH3 is 1. The molecule has 124 valence electrons. The van der Waals surface area contributed by atoms with Gasteiger partial charge in [-0.2, -0.15) is 0 Å². The van der Waals surface area contributed by atoms with Gasteiger partial charge in [-0.15, -0.1) is 0 Å². The summed E-state index contributed by atoms with van der Waals surface area (Å²) in [4.78, 5) is 31.2. The predicted octanol–water partition coefficient (Wildman–Crippen LogP) is 3.45. The van der Waals surface area contributed by atoms with Gasteiger partial charge < -0.3 is 14.5 Å². The van der Waals surface area contributed by atoms with E-state index in [-0.39, 0.29) is 11.7 Å². The zero-order valence-corrected chi connectivity index (χ0v) is 14.0. The molecule has 0 saturated carbocycles. The standard InChI is InChI=1S/C18H18N2O4/c1-18(2,3)17(22)24-14-7-10-5-6-19-9-12(10)11-8-13(16(21)23-4)20-15(11)14/h5-9,20H,1-4H3. The molecular formula is C18H18N2O4. The number of hydrogen-bond acceptors (Lipinski definition) is 5. The number of pyridine rings is 1. The Morgan fingerprint density at radius 1 is 1.17 bits per heavy atom. The Morgan fingerprint density at radius 2 is 1.92 bits per heavy atom. The quantitative estimate of drug-likeness (QED) is 0.576. The van der Waals surface area contributed by atoms with Crippen LogP contribution in [0.5, 0.6) is 5.75 Å². The van der Waals surface area contributed by atoms with E-state index in [0.717, 1.165) is 16.2 Å². The number of carbonyl (C=O) groups excluding carboxylic acids is 2. The van der Waals surface area contributed by atoms with E-state index in [9.17, 15) is 9.59 Å². The molecule has 0 saturated heterocycles. The van der Waals surface area contributed by atoms with E-state index in [2.05, 4.69) is 9.97 Å². The first-order chi connectivity index (χ1) is 11.3. The maximum Gasteiger partial charge on any atom is 0.354 e. The minimum atomic E-state index is -0.642. The molecule has 3 aromatic rings. The molecule has 0 fully saturated rings. The van der Waals surface area contributed by atoms with Crippen molar-refractivity contribution in [1.29, 1.82) is 0 Å². The van der Waals surface area contributed by atoms with Gasteiger partial charge >= 0.3 is 11.9 Å². The highest BCUT2D eigenvalue weighted by Crippen LogP contribution is 2.34. The summed E-state index contributed by atoms with van der Waals surface area (Å²) in [6, 6.07) is 5.27. The number of benzene rings is 1. The van der Waals surface area contributed by atoms with Crippen LogP contribution in [-0.2, 0) is 9.53 Å². The number of fused-ring (bicyclic) bond motifs is 3. The van der Waals surface area contributed by atoms with Gasteiger partial charge in [0, 0.05) is 23.2 Å². The number of aromatic nitrogens is 2. The number of ether oxygens (including phenoxy) is 2. The Balaban J connectivity index is 2.24. The zero-order valence-electron chi connectivity index (χ0n) is 14.0. The van der Waals surface area contributed by atoms with Crippen molar-refractivity contribution >= 4 is 33.6 Å². The fourth-order valence-electron chi connectivity index (χ4n) is 2.38. The number of aromatic amines is 1. The van der Waals surface area contributed by atoms with Crippen LogP contribution in [0.3, 0.4) is 0 Å². The van der Waals surface area contributed by atoms with Crippen molar-refractivity contribution in [2.45, 2.75) is 20.8 Å². The predicted molar refractivity (Wildman–Crippen MR) is 90.0 cm³/mol. The van der Waals surface area contributed by atoms with E-state index in [4.69, 9.17) is 9.47 Å². The van der Waals surface area contributed by atoms with Crippen molar-refractivity contribution in [2.75, 3.05) is 7.11 Å². The smallest absolute Gasteiger partial charge is 0.354 e. The van der Waals surface area contributed by atoms with E-state index in [1.54, 1.807) is 45.3 Å². The molecule has 24 heavy (non-hydrogen) atoms. The molecule has 6 nitrogen and oxygen atoms in total. The fraction of sp³-hybridized carbons (Fsp3) is 0.278. The van der Waals surface area contributed by atoms with Crippen LogP contribution < -0.4 is 4.74 Å². The number of esters is 2. The molecule has 2 aromatic heterocycles. The van der Waals surface area contributed by atoms with E-state index in [1.165, 1.54) is 7.11 Å². The molecule has 0 aliphatic rings. The van der Waals surface area contributed by atoms with Crippen LogP contribution in [0.25, 0.3) is 21.7 Å². The van der Waals surface area contributed by atoms with Gasteiger partial charge in [-0.3, -0.25) is 9.78 Å². The molecule has 0 atom stereocenters. The van der Waals surface area contributed by atoms with Gasteiger partial charge in [0.15, 0.2) is 5.75 Å². The topological polar surface area (TPSA) is 81.3 Å². The van der Waals surface area contributed by atoms with E-state index in [0.29, 0.717) is 11.3 Å². The summed E-state index contributed by atoms with van der Waals surface area (Å²) in [5.74, 6) is -0.471. The summed E-state index contributed by atoms with van der Waals surface area (Å²) in [5, 5.41) is 2.47. The molecule has 2 heterocycles. The van der Waals surface area contributed by atoms with Crippen molar-refractivity contribution < 1.29 is 19.1 Å². The normalized spacial score (nSPS) is 11.7. The molecule has 0 radical (unpaired) electrons. The van der Waals surface area contributed by atoms with Crippen LogP contribution in [0.4, 0.5) is 0 Å². The van der Waals surface area contributed by atoms with Crippen LogP contribution >= 0.6 is 0 Å². The highest BCUT2D eigenvalue weighted by Gasteiger charge is 2.25. The van der Waals surface area contributed by atoms with Crippen LogP contribution in [0.15, 0.2) is 30.6 Å². The average molecular weight is 326 g/mol. The summed E-state index contributed by atoms with van der Waals surface area (Å²) in [7, 11) is 1.31. The van der Waals surface area contributed by atoms with Crippen LogP contribution in [0, 0.1) is 5.41 Å². The molecule has 0 amide bonds. The van der Waals surface area contributed by atoms with E-state index < -0.39 is 11.4 Å². The zero-order chi connectivity index (χ0) is 17.5. The van der Waals surface area contributed by atoms with Gasteiger partial charge in [-0.1, -0.05) is 0 Å². The second kappa shape index (κ2) is 5.63. The van der Waals surface area contributed by atoms with Gasteiger partial charge in [0.05, 0.1) is 18.0 Å². The first-order valence-corrected chi connectivity index (χ1v) is 7.51. The Kier molecular flexibility index (Phi) is 3.75. The highest BCUT2D eigenvalue weighted by atomic mass is 16.5. The number of nitrogens with zero attached hydrogens (tertiary/aromatic N) is 1.